The van der Waals surface area contributed by atoms with Crippen molar-refractivity contribution in [2.75, 3.05) is 26.4 Å². The minimum absolute atomic E-state index is 0.123. The average molecular weight is 366 g/mol. The van der Waals surface area contributed by atoms with Crippen LogP contribution in [0.1, 0.15) is 36.7 Å². The third-order valence-electron chi connectivity index (χ3n) is 3.45. The van der Waals surface area contributed by atoms with Crippen LogP contribution in [0.15, 0.2) is 24.3 Å². The van der Waals surface area contributed by atoms with Crippen LogP contribution in [0, 0.1) is 6.92 Å². The molecule has 0 unspecified atom stereocenters. The lowest BCUT2D eigenvalue weighted by Gasteiger charge is -2.08. The van der Waals surface area contributed by atoms with E-state index in [1.54, 1.807) is 6.92 Å². The molecule has 0 N–H and O–H groups in total. The molecule has 6 nitrogen and oxygen atoms in total. The van der Waals surface area contributed by atoms with Crippen LogP contribution in [0.5, 0.6) is 6.01 Å². The Hall–Kier alpha value is -1.76. The number of hydrogen-bond acceptors (Lipinski definition) is 6. The van der Waals surface area contributed by atoms with Gasteiger partial charge in [-0.1, -0.05) is 38.1 Å². The van der Waals surface area contributed by atoms with Gasteiger partial charge in [-0.05, 0) is 35.6 Å². The summed E-state index contributed by atoms with van der Waals surface area (Å²) in [5.41, 5.74) is 2.50. The molecular formula is C18H24ClN3O3. The fraction of sp³-hybridized carbons (Fsp3) is 0.500. The summed E-state index contributed by atoms with van der Waals surface area (Å²) in [5.74, 6) is 1.06. The molecule has 7 heteroatoms. The van der Waals surface area contributed by atoms with Crippen molar-refractivity contribution in [1.82, 2.24) is 15.0 Å². The molecule has 0 radical (unpaired) electrons. The van der Waals surface area contributed by atoms with E-state index in [0.717, 1.165) is 5.56 Å². The average Bonchev–Trinajstić information content (AvgIpc) is 2.57. The lowest BCUT2D eigenvalue weighted by molar-refractivity contribution is 0.0293. The number of ether oxygens (including phenoxy) is 3. The molecule has 1 aromatic heterocycles. The van der Waals surface area contributed by atoms with Crippen LogP contribution >= 0.6 is 11.6 Å². The van der Waals surface area contributed by atoms with E-state index in [-0.39, 0.29) is 11.3 Å². The van der Waals surface area contributed by atoms with Crippen LogP contribution in [-0.2, 0) is 16.1 Å². The van der Waals surface area contributed by atoms with Gasteiger partial charge >= 0.3 is 6.01 Å². The molecule has 2 rings (SSSR count). The van der Waals surface area contributed by atoms with Crippen LogP contribution in [0.3, 0.4) is 0 Å². The molecule has 1 aromatic carbocycles. The molecule has 136 valence electrons. The summed E-state index contributed by atoms with van der Waals surface area (Å²) in [7, 11) is 0. The zero-order valence-electron chi connectivity index (χ0n) is 14.9. The second kappa shape index (κ2) is 10.3. The van der Waals surface area contributed by atoms with Gasteiger partial charge in [0.2, 0.25) is 5.28 Å². The first-order valence-electron chi connectivity index (χ1n) is 8.30. The highest BCUT2D eigenvalue weighted by Gasteiger charge is 2.03. The van der Waals surface area contributed by atoms with Crippen LogP contribution in [0.2, 0.25) is 5.28 Å². The third kappa shape index (κ3) is 7.34. The first-order valence-corrected chi connectivity index (χ1v) is 8.67. The van der Waals surface area contributed by atoms with Crippen molar-refractivity contribution in [2.24, 2.45) is 0 Å². The lowest BCUT2D eigenvalue weighted by Crippen LogP contribution is -2.12. The Balaban J connectivity index is 1.53. The second-order valence-electron chi connectivity index (χ2n) is 5.84. The largest absolute Gasteiger partial charge is 0.461 e. The smallest absolute Gasteiger partial charge is 0.321 e. The quantitative estimate of drug-likeness (QED) is 0.600. The van der Waals surface area contributed by atoms with Crippen LogP contribution in [0.4, 0.5) is 0 Å². The monoisotopic (exact) mass is 365 g/mol. The van der Waals surface area contributed by atoms with Crippen molar-refractivity contribution in [3.8, 4) is 6.01 Å². The molecule has 25 heavy (non-hydrogen) atoms. The first kappa shape index (κ1) is 19.6. The van der Waals surface area contributed by atoms with Crippen LogP contribution in [0.25, 0.3) is 0 Å². The van der Waals surface area contributed by atoms with Crippen molar-refractivity contribution < 1.29 is 14.2 Å². The molecule has 0 saturated heterocycles. The molecule has 2 aromatic rings. The van der Waals surface area contributed by atoms with Gasteiger partial charge in [-0.25, -0.2) is 4.98 Å². The topological polar surface area (TPSA) is 66.4 Å². The fourth-order valence-corrected chi connectivity index (χ4v) is 2.29. The molecule has 0 fully saturated rings. The Morgan fingerprint density at radius 1 is 0.920 bits per heavy atom. The summed E-state index contributed by atoms with van der Waals surface area (Å²) in [4.78, 5) is 11.8. The number of rotatable bonds is 10. The SMILES string of the molecule is Cc1nc(Cl)nc(OCCOCCOCc2ccc(C(C)C)cc2)n1. The highest BCUT2D eigenvalue weighted by molar-refractivity contribution is 6.28. The molecule has 0 atom stereocenters. The van der Waals surface area contributed by atoms with Gasteiger partial charge in [0.1, 0.15) is 12.4 Å². The predicted molar refractivity (Wildman–Crippen MR) is 96.1 cm³/mol. The van der Waals surface area contributed by atoms with Gasteiger partial charge < -0.3 is 14.2 Å². The van der Waals surface area contributed by atoms with Crippen LogP contribution in [-0.4, -0.2) is 41.4 Å². The number of aromatic nitrogens is 3. The Kier molecular flexibility index (Phi) is 8.04. The molecule has 0 aliphatic rings. The van der Waals surface area contributed by atoms with Gasteiger partial charge in [0.05, 0.1) is 26.4 Å². The van der Waals surface area contributed by atoms with E-state index in [4.69, 9.17) is 25.8 Å². The maximum Gasteiger partial charge on any atom is 0.321 e. The summed E-state index contributed by atoms with van der Waals surface area (Å²) in [6.07, 6.45) is 0. The van der Waals surface area contributed by atoms with Crippen molar-refractivity contribution in [3.05, 3.63) is 46.5 Å². The van der Waals surface area contributed by atoms with Crippen molar-refractivity contribution in [3.63, 3.8) is 0 Å². The van der Waals surface area contributed by atoms with Gasteiger partial charge in [0.15, 0.2) is 0 Å². The zero-order valence-corrected chi connectivity index (χ0v) is 15.6. The van der Waals surface area contributed by atoms with Crippen LogP contribution < -0.4 is 4.74 Å². The van der Waals surface area contributed by atoms with E-state index >= 15 is 0 Å². The van der Waals surface area contributed by atoms with Crippen molar-refractivity contribution >= 4 is 11.6 Å². The van der Waals surface area contributed by atoms with Gasteiger partial charge in [-0.3, -0.25) is 0 Å². The highest BCUT2D eigenvalue weighted by Crippen LogP contribution is 2.15. The number of nitrogens with zero attached hydrogens (tertiary/aromatic N) is 3. The summed E-state index contributed by atoms with van der Waals surface area (Å²) >= 11 is 5.73. The number of aryl methyl sites for hydroxylation is 1. The van der Waals surface area contributed by atoms with Gasteiger partial charge in [-0.2, -0.15) is 9.97 Å². The van der Waals surface area contributed by atoms with Gasteiger partial charge in [-0.15, -0.1) is 0 Å². The molecule has 0 spiro atoms. The first-order chi connectivity index (χ1) is 12.0. The minimum atomic E-state index is 0.123. The van der Waals surface area contributed by atoms with E-state index in [1.165, 1.54) is 5.56 Å². The maximum atomic E-state index is 5.73. The Morgan fingerprint density at radius 2 is 1.60 bits per heavy atom. The normalized spacial score (nSPS) is 11.1. The standard InChI is InChI=1S/C18H24ClN3O3/c1-13(2)16-6-4-15(5-7-16)12-24-9-8-23-10-11-25-18-21-14(3)20-17(19)22-18/h4-7,13H,8-12H2,1-3H3. The van der Waals surface area contributed by atoms with E-state index in [1.807, 2.05) is 0 Å². The summed E-state index contributed by atoms with van der Waals surface area (Å²) in [6, 6.07) is 8.71. The lowest BCUT2D eigenvalue weighted by atomic mass is 10.0. The highest BCUT2D eigenvalue weighted by atomic mass is 35.5. The molecule has 0 aliphatic heterocycles. The van der Waals surface area contributed by atoms with E-state index in [0.29, 0.717) is 44.8 Å². The van der Waals surface area contributed by atoms with E-state index in [2.05, 4.69) is 53.1 Å². The fourth-order valence-electron chi connectivity index (χ4n) is 2.09. The Morgan fingerprint density at radius 3 is 2.28 bits per heavy atom. The molecule has 0 aliphatic carbocycles. The summed E-state index contributed by atoms with van der Waals surface area (Å²) in [5, 5.41) is 0.123. The molecular weight excluding hydrogens is 342 g/mol. The van der Waals surface area contributed by atoms with Gasteiger partial charge in [0.25, 0.3) is 0 Å². The predicted octanol–water partition coefficient (Wildman–Crippen LogP) is 3.57. The molecule has 0 saturated carbocycles. The number of halogens is 1. The zero-order chi connectivity index (χ0) is 18.1. The molecule has 0 bridgehead atoms. The summed E-state index contributed by atoms with van der Waals surface area (Å²) < 4.78 is 16.4. The molecule has 0 amide bonds. The maximum absolute atomic E-state index is 5.73. The number of hydrogen-bond donors (Lipinski definition) is 0. The Labute approximate surface area is 153 Å². The second-order valence-corrected chi connectivity index (χ2v) is 6.18. The summed E-state index contributed by atoms with van der Waals surface area (Å²) in [6.45, 7) is 8.48. The van der Waals surface area contributed by atoms with Crippen molar-refractivity contribution in [2.45, 2.75) is 33.3 Å². The van der Waals surface area contributed by atoms with Gasteiger partial charge in [0, 0.05) is 0 Å². The van der Waals surface area contributed by atoms with E-state index < -0.39 is 0 Å². The number of benzene rings is 1. The minimum Gasteiger partial charge on any atom is -0.461 e. The Bertz CT molecular complexity index is 630. The van der Waals surface area contributed by atoms with Crippen molar-refractivity contribution in [1.29, 1.82) is 0 Å². The molecule has 1 heterocycles. The third-order valence-corrected chi connectivity index (χ3v) is 3.61. The van der Waals surface area contributed by atoms with E-state index in [9.17, 15) is 0 Å².